The highest BCUT2D eigenvalue weighted by atomic mass is 19.1. The van der Waals surface area contributed by atoms with Crippen LogP contribution in [0.1, 0.15) is 34.8 Å². The molecule has 3 rings (SSSR count). The lowest BCUT2D eigenvalue weighted by atomic mass is 9.85. The number of amides is 2. The van der Waals surface area contributed by atoms with Crippen molar-refractivity contribution in [1.29, 1.82) is 0 Å². The van der Waals surface area contributed by atoms with Crippen molar-refractivity contribution in [3.8, 4) is 0 Å². The second-order valence-corrected chi connectivity index (χ2v) is 6.26. The largest absolute Gasteiger partial charge is 0.352 e. The van der Waals surface area contributed by atoms with E-state index in [0.29, 0.717) is 19.4 Å². The van der Waals surface area contributed by atoms with Gasteiger partial charge in [0.05, 0.1) is 24.0 Å². The second kappa shape index (κ2) is 7.00. The predicted octanol–water partition coefficient (Wildman–Crippen LogP) is 1.29. The fourth-order valence-corrected chi connectivity index (χ4v) is 3.30. The minimum atomic E-state index is -0.653. The number of rotatable bonds is 4. The summed E-state index contributed by atoms with van der Waals surface area (Å²) in [4.78, 5) is 29.7. The molecule has 132 valence electrons. The average Bonchev–Trinajstić information content (AvgIpc) is 3.02. The van der Waals surface area contributed by atoms with Gasteiger partial charge in [-0.1, -0.05) is 0 Å². The van der Waals surface area contributed by atoms with E-state index in [1.165, 1.54) is 12.3 Å². The topological polar surface area (TPSA) is 80.1 Å². The first-order chi connectivity index (χ1) is 12.0. The van der Waals surface area contributed by atoms with Crippen LogP contribution in [0.3, 0.4) is 0 Å². The number of hydrogen-bond donors (Lipinski definition) is 1. The summed E-state index contributed by atoms with van der Waals surface area (Å²) in [6.07, 6.45) is 7.08. The molecule has 1 aliphatic rings. The highest BCUT2D eigenvalue weighted by molar-refractivity contribution is 5.94. The summed E-state index contributed by atoms with van der Waals surface area (Å²) in [6, 6.07) is 1.18. The lowest BCUT2D eigenvalue weighted by molar-refractivity contribution is -0.136. The van der Waals surface area contributed by atoms with Crippen LogP contribution in [-0.4, -0.2) is 45.1 Å². The molecule has 25 heavy (non-hydrogen) atoms. The summed E-state index contributed by atoms with van der Waals surface area (Å²) >= 11 is 0. The van der Waals surface area contributed by atoms with Gasteiger partial charge in [-0.25, -0.2) is 4.39 Å². The zero-order valence-corrected chi connectivity index (χ0v) is 14.1. The minimum absolute atomic E-state index is 0.0285. The Hall–Kier alpha value is -2.77. The maximum atomic E-state index is 13.7. The van der Waals surface area contributed by atoms with E-state index in [2.05, 4.69) is 15.4 Å². The van der Waals surface area contributed by atoms with Crippen LogP contribution in [-0.2, 0) is 11.8 Å². The Kier molecular flexibility index (Phi) is 4.78. The van der Waals surface area contributed by atoms with E-state index in [4.69, 9.17) is 0 Å². The summed E-state index contributed by atoms with van der Waals surface area (Å²) in [6.45, 7) is 0.345. The molecule has 0 radical (unpaired) electrons. The molecular formula is C17H20FN5O2. The number of likely N-dealkylation sites (tertiary alicyclic amines) is 1. The van der Waals surface area contributed by atoms with Crippen molar-refractivity contribution in [1.82, 2.24) is 25.0 Å². The number of hydrogen-bond acceptors (Lipinski definition) is 4. The third-order valence-corrected chi connectivity index (χ3v) is 4.59. The van der Waals surface area contributed by atoms with Crippen LogP contribution in [0.15, 0.2) is 30.9 Å². The number of carbonyl (C=O) groups is 2. The molecule has 0 spiro atoms. The molecular weight excluding hydrogens is 325 g/mol. The lowest BCUT2D eigenvalue weighted by Gasteiger charge is -2.38. The van der Waals surface area contributed by atoms with E-state index in [1.807, 2.05) is 13.2 Å². The normalized spacial score (nSPS) is 20.6. The average molecular weight is 345 g/mol. The fourth-order valence-electron chi connectivity index (χ4n) is 3.30. The van der Waals surface area contributed by atoms with E-state index in [0.717, 1.165) is 11.8 Å². The smallest absolute Gasteiger partial charge is 0.254 e. The number of piperidine rings is 1. The third kappa shape index (κ3) is 3.52. The number of halogens is 1. The second-order valence-electron chi connectivity index (χ2n) is 6.26. The molecule has 1 N–H and O–H groups in total. The molecule has 3 heterocycles. The standard InChI is InChI=1S/C17H20FN5O2/c1-22-10-12(8-21-22)16-11(3-4-15(24)23(16)2)7-20-17(25)13-5-6-19-9-14(13)18/h5-6,8-11,16H,3-4,7H2,1-2H3,(H,20,25)/t11-,16+/m1/s1. The zero-order chi connectivity index (χ0) is 18.0. The van der Waals surface area contributed by atoms with Gasteiger partial charge in [-0.05, 0) is 12.5 Å². The van der Waals surface area contributed by atoms with Gasteiger partial charge in [0.2, 0.25) is 5.91 Å². The first-order valence-corrected chi connectivity index (χ1v) is 8.09. The summed E-state index contributed by atoms with van der Waals surface area (Å²) in [5, 5.41) is 6.95. The van der Waals surface area contributed by atoms with Crippen molar-refractivity contribution in [2.24, 2.45) is 13.0 Å². The number of aryl methyl sites for hydroxylation is 1. The lowest BCUT2D eigenvalue weighted by Crippen LogP contribution is -2.44. The minimum Gasteiger partial charge on any atom is -0.352 e. The van der Waals surface area contributed by atoms with Gasteiger partial charge >= 0.3 is 0 Å². The van der Waals surface area contributed by atoms with E-state index in [-0.39, 0.29) is 23.4 Å². The Balaban J connectivity index is 1.74. The highest BCUT2D eigenvalue weighted by Crippen LogP contribution is 2.35. The van der Waals surface area contributed by atoms with E-state index in [9.17, 15) is 14.0 Å². The Bertz CT molecular complexity index is 791. The number of nitrogens with one attached hydrogen (secondary N) is 1. The summed E-state index contributed by atoms with van der Waals surface area (Å²) in [5.41, 5.74) is 0.889. The Morgan fingerprint density at radius 2 is 2.20 bits per heavy atom. The van der Waals surface area contributed by atoms with Gasteiger partial charge in [-0.15, -0.1) is 0 Å². The van der Waals surface area contributed by atoms with Crippen molar-refractivity contribution >= 4 is 11.8 Å². The first kappa shape index (κ1) is 17.1. The monoisotopic (exact) mass is 345 g/mol. The zero-order valence-electron chi connectivity index (χ0n) is 14.1. The van der Waals surface area contributed by atoms with Crippen LogP contribution in [0, 0.1) is 11.7 Å². The number of pyridine rings is 1. The molecule has 0 bridgehead atoms. The van der Waals surface area contributed by atoms with Crippen molar-refractivity contribution in [3.63, 3.8) is 0 Å². The third-order valence-electron chi connectivity index (χ3n) is 4.59. The molecule has 2 atom stereocenters. The van der Waals surface area contributed by atoms with Crippen molar-refractivity contribution < 1.29 is 14.0 Å². The van der Waals surface area contributed by atoms with Crippen LogP contribution in [0.4, 0.5) is 4.39 Å². The molecule has 7 nitrogen and oxygen atoms in total. The van der Waals surface area contributed by atoms with Gasteiger partial charge in [0.25, 0.3) is 5.91 Å². The van der Waals surface area contributed by atoms with Crippen molar-refractivity contribution in [2.75, 3.05) is 13.6 Å². The van der Waals surface area contributed by atoms with E-state index < -0.39 is 11.7 Å². The quantitative estimate of drug-likeness (QED) is 0.906. The van der Waals surface area contributed by atoms with Gasteiger partial charge in [-0.3, -0.25) is 19.3 Å². The molecule has 2 aromatic rings. The number of aromatic nitrogens is 3. The Labute approximate surface area is 144 Å². The maximum absolute atomic E-state index is 13.7. The molecule has 0 saturated carbocycles. The van der Waals surface area contributed by atoms with E-state index in [1.54, 1.807) is 22.8 Å². The van der Waals surface area contributed by atoms with Gasteiger partial charge in [0.15, 0.2) is 5.82 Å². The summed E-state index contributed by atoms with van der Waals surface area (Å²) in [7, 11) is 3.58. The molecule has 2 aromatic heterocycles. The SMILES string of the molecule is CN1C(=O)CC[C@H](CNC(=O)c2ccncc2F)[C@H]1c1cnn(C)c1. The maximum Gasteiger partial charge on any atom is 0.254 e. The van der Waals surface area contributed by atoms with Crippen molar-refractivity contribution in [3.05, 3.63) is 47.8 Å². The Morgan fingerprint density at radius 1 is 1.40 bits per heavy atom. The van der Waals surface area contributed by atoms with Crippen LogP contribution in [0.5, 0.6) is 0 Å². The van der Waals surface area contributed by atoms with Gasteiger partial charge in [0, 0.05) is 50.9 Å². The van der Waals surface area contributed by atoms with Gasteiger partial charge < -0.3 is 10.2 Å². The van der Waals surface area contributed by atoms with E-state index >= 15 is 0 Å². The molecule has 2 amide bonds. The fraction of sp³-hybridized carbons (Fsp3) is 0.412. The molecule has 8 heteroatoms. The molecule has 0 unspecified atom stereocenters. The molecule has 0 aliphatic carbocycles. The Morgan fingerprint density at radius 3 is 2.88 bits per heavy atom. The highest BCUT2D eigenvalue weighted by Gasteiger charge is 2.35. The number of carbonyl (C=O) groups excluding carboxylic acids is 2. The first-order valence-electron chi connectivity index (χ1n) is 8.09. The molecule has 0 aromatic carbocycles. The van der Waals surface area contributed by atoms with Crippen LogP contribution in [0.2, 0.25) is 0 Å². The van der Waals surface area contributed by atoms with Crippen molar-refractivity contribution in [2.45, 2.75) is 18.9 Å². The summed E-state index contributed by atoms with van der Waals surface area (Å²) < 4.78 is 15.4. The van der Waals surface area contributed by atoms with Crippen LogP contribution >= 0.6 is 0 Å². The van der Waals surface area contributed by atoms with Crippen LogP contribution in [0.25, 0.3) is 0 Å². The summed E-state index contributed by atoms with van der Waals surface area (Å²) in [5.74, 6) is -1.04. The molecule has 1 saturated heterocycles. The van der Waals surface area contributed by atoms with Gasteiger partial charge in [0.1, 0.15) is 0 Å². The van der Waals surface area contributed by atoms with Gasteiger partial charge in [-0.2, -0.15) is 5.10 Å². The molecule has 1 fully saturated rings. The predicted molar refractivity (Wildman–Crippen MR) is 88.0 cm³/mol. The molecule has 1 aliphatic heterocycles. The van der Waals surface area contributed by atoms with Crippen LogP contribution < -0.4 is 5.32 Å². The number of nitrogens with zero attached hydrogens (tertiary/aromatic N) is 4.